The largest absolute Gasteiger partial charge is 0.352 e. The standard InChI is InChI=1S/C25H33F2N3O4S/c1-17(2)28-25(32)19(4)29(16-20-10-8-18(3)9-11-20)24(31)7-6-14-30(35(5,33)34)21-12-13-22(26)23(27)15-21/h8-13,15,17,19H,6-7,14,16H2,1-5H3,(H,28,32). The van der Waals surface area contributed by atoms with Gasteiger partial charge in [0, 0.05) is 31.6 Å². The third-order valence-corrected chi connectivity index (χ3v) is 6.61. The molecule has 0 heterocycles. The molecule has 192 valence electrons. The molecule has 10 heteroatoms. The normalized spacial score (nSPS) is 12.3. The molecule has 1 N–H and O–H groups in total. The van der Waals surface area contributed by atoms with E-state index >= 15 is 0 Å². The van der Waals surface area contributed by atoms with Crippen LogP contribution in [0.3, 0.4) is 0 Å². The number of benzene rings is 2. The smallest absolute Gasteiger partial charge is 0.242 e. The highest BCUT2D eigenvalue weighted by atomic mass is 32.2. The SMILES string of the molecule is Cc1ccc(CN(C(=O)CCCN(c2ccc(F)c(F)c2)S(C)(=O)=O)C(C)C(=O)NC(C)C)cc1. The quantitative estimate of drug-likeness (QED) is 0.500. The first kappa shape index (κ1) is 28.2. The number of carbonyl (C=O) groups excluding carboxylic acids is 2. The molecule has 0 saturated heterocycles. The minimum atomic E-state index is -3.81. The van der Waals surface area contributed by atoms with Crippen LogP contribution < -0.4 is 9.62 Å². The van der Waals surface area contributed by atoms with E-state index in [1.165, 1.54) is 11.0 Å². The van der Waals surface area contributed by atoms with Gasteiger partial charge in [0.15, 0.2) is 11.6 Å². The fourth-order valence-electron chi connectivity index (χ4n) is 3.52. The molecule has 0 aromatic heterocycles. The fourth-order valence-corrected chi connectivity index (χ4v) is 4.48. The monoisotopic (exact) mass is 509 g/mol. The molecule has 0 bridgehead atoms. The Morgan fingerprint density at radius 3 is 2.17 bits per heavy atom. The van der Waals surface area contributed by atoms with Crippen LogP contribution in [0.15, 0.2) is 42.5 Å². The van der Waals surface area contributed by atoms with Crippen molar-refractivity contribution in [3.63, 3.8) is 0 Å². The molecule has 2 rings (SSSR count). The number of halogens is 2. The van der Waals surface area contributed by atoms with Gasteiger partial charge in [0.2, 0.25) is 21.8 Å². The van der Waals surface area contributed by atoms with Gasteiger partial charge in [-0.05, 0) is 51.8 Å². The van der Waals surface area contributed by atoms with Crippen molar-refractivity contribution in [2.45, 2.75) is 59.2 Å². The van der Waals surface area contributed by atoms with E-state index in [9.17, 15) is 26.8 Å². The predicted octanol–water partition coefficient (Wildman–Crippen LogP) is 3.76. The van der Waals surface area contributed by atoms with E-state index < -0.39 is 27.7 Å². The molecular formula is C25H33F2N3O4S. The maximum absolute atomic E-state index is 13.7. The summed E-state index contributed by atoms with van der Waals surface area (Å²) in [6.45, 7) is 7.36. The second kappa shape index (κ2) is 12.1. The van der Waals surface area contributed by atoms with E-state index in [0.717, 1.165) is 33.8 Å². The molecular weight excluding hydrogens is 476 g/mol. The molecule has 0 fully saturated rings. The number of hydrogen-bond acceptors (Lipinski definition) is 4. The maximum Gasteiger partial charge on any atom is 0.242 e. The number of anilines is 1. The summed E-state index contributed by atoms with van der Waals surface area (Å²) in [7, 11) is -3.81. The summed E-state index contributed by atoms with van der Waals surface area (Å²) in [6, 6.07) is 9.60. The van der Waals surface area contributed by atoms with Crippen LogP contribution in [0, 0.1) is 18.6 Å². The molecule has 0 saturated carbocycles. The highest BCUT2D eigenvalue weighted by molar-refractivity contribution is 7.92. The van der Waals surface area contributed by atoms with Gasteiger partial charge >= 0.3 is 0 Å². The topological polar surface area (TPSA) is 86.8 Å². The minimum absolute atomic E-state index is 0.0277. The van der Waals surface area contributed by atoms with Crippen molar-refractivity contribution in [1.29, 1.82) is 0 Å². The van der Waals surface area contributed by atoms with Crippen molar-refractivity contribution in [3.05, 3.63) is 65.2 Å². The first-order chi connectivity index (χ1) is 16.3. The lowest BCUT2D eigenvalue weighted by Crippen LogP contribution is -2.49. The van der Waals surface area contributed by atoms with Gasteiger partial charge < -0.3 is 10.2 Å². The van der Waals surface area contributed by atoms with Crippen LogP contribution in [-0.4, -0.2) is 50.0 Å². The van der Waals surface area contributed by atoms with Crippen molar-refractivity contribution in [2.24, 2.45) is 0 Å². The number of rotatable bonds is 11. The average Bonchev–Trinajstić information content (AvgIpc) is 2.76. The van der Waals surface area contributed by atoms with Crippen molar-refractivity contribution in [2.75, 3.05) is 17.1 Å². The number of nitrogens with zero attached hydrogens (tertiary/aromatic N) is 2. The average molecular weight is 510 g/mol. The summed E-state index contributed by atoms with van der Waals surface area (Å²) in [5.74, 6) is -2.87. The highest BCUT2D eigenvalue weighted by Gasteiger charge is 2.27. The molecule has 0 spiro atoms. The molecule has 0 aliphatic carbocycles. The summed E-state index contributed by atoms with van der Waals surface area (Å²) < 4.78 is 52.4. The summed E-state index contributed by atoms with van der Waals surface area (Å²) in [5.41, 5.74) is 1.89. The van der Waals surface area contributed by atoms with Gasteiger partial charge in [0.1, 0.15) is 6.04 Å². The number of aryl methyl sites for hydroxylation is 1. The van der Waals surface area contributed by atoms with Crippen molar-refractivity contribution >= 4 is 27.5 Å². The molecule has 1 atom stereocenters. The Morgan fingerprint density at radius 1 is 1.00 bits per heavy atom. The van der Waals surface area contributed by atoms with Crippen molar-refractivity contribution in [1.82, 2.24) is 10.2 Å². The van der Waals surface area contributed by atoms with Gasteiger partial charge in [-0.25, -0.2) is 17.2 Å². The third-order valence-electron chi connectivity index (χ3n) is 5.42. The van der Waals surface area contributed by atoms with Gasteiger partial charge in [-0.2, -0.15) is 0 Å². The van der Waals surface area contributed by atoms with Crippen molar-refractivity contribution in [3.8, 4) is 0 Å². The molecule has 2 amide bonds. The van der Waals surface area contributed by atoms with Gasteiger partial charge in [-0.1, -0.05) is 29.8 Å². The molecule has 0 radical (unpaired) electrons. The lowest BCUT2D eigenvalue weighted by molar-refractivity contribution is -0.140. The predicted molar refractivity (Wildman–Crippen MR) is 132 cm³/mol. The van der Waals surface area contributed by atoms with Gasteiger partial charge in [-0.3, -0.25) is 13.9 Å². The number of sulfonamides is 1. The van der Waals surface area contributed by atoms with Crippen LogP contribution >= 0.6 is 0 Å². The summed E-state index contributed by atoms with van der Waals surface area (Å²) in [6.07, 6.45) is 1.03. The van der Waals surface area contributed by atoms with E-state index in [2.05, 4.69) is 5.32 Å². The summed E-state index contributed by atoms with van der Waals surface area (Å²) in [4.78, 5) is 27.3. The lowest BCUT2D eigenvalue weighted by Gasteiger charge is -2.30. The second-order valence-electron chi connectivity index (χ2n) is 8.88. The van der Waals surface area contributed by atoms with Crippen molar-refractivity contribution < 1.29 is 26.8 Å². The second-order valence-corrected chi connectivity index (χ2v) is 10.8. The third kappa shape index (κ3) is 8.31. The van der Waals surface area contributed by atoms with Crippen LogP contribution in [0.1, 0.15) is 44.7 Å². The van der Waals surface area contributed by atoms with Crippen LogP contribution in [0.25, 0.3) is 0 Å². The Bertz CT molecular complexity index is 1140. The zero-order chi connectivity index (χ0) is 26.3. The zero-order valence-electron chi connectivity index (χ0n) is 20.7. The maximum atomic E-state index is 13.7. The number of nitrogens with one attached hydrogen (secondary N) is 1. The zero-order valence-corrected chi connectivity index (χ0v) is 21.5. The first-order valence-corrected chi connectivity index (χ1v) is 13.2. The van der Waals surface area contributed by atoms with E-state index in [1.807, 2.05) is 45.0 Å². The van der Waals surface area contributed by atoms with Crippen LogP contribution in [0.2, 0.25) is 0 Å². The van der Waals surface area contributed by atoms with Crippen LogP contribution in [0.5, 0.6) is 0 Å². The number of hydrogen-bond donors (Lipinski definition) is 1. The molecule has 2 aromatic carbocycles. The number of carbonyl (C=O) groups is 2. The molecule has 2 aromatic rings. The van der Waals surface area contributed by atoms with E-state index in [0.29, 0.717) is 0 Å². The Labute approximate surface area is 206 Å². The summed E-state index contributed by atoms with van der Waals surface area (Å²) >= 11 is 0. The molecule has 35 heavy (non-hydrogen) atoms. The van der Waals surface area contributed by atoms with Crippen LogP contribution in [0.4, 0.5) is 14.5 Å². The molecule has 7 nitrogen and oxygen atoms in total. The molecule has 0 aliphatic heterocycles. The highest BCUT2D eigenvalue weighted by Crippen LogP contribution is 2.21. The fraction of sp³-hybridized carbons (Fsp3) is 0.440. The first-order valence-electron chi connectivity index (χ1n) is 11.4. The minimum Gasteiger partial charge on any atom is -0.352 e. The van der Waals surface area contributed by atoms with Gasteiger partial charge in [0.25, 0.3) is 0 Å². The molecule has 0 aliphatic rings. The summed E-state index contributed by atoms with van der Waals surface area (Å²) in [5, 5.41) is 2.81. The van der Waals surface area contributed by atoms with E-state index in [4.69, 9.17) is 0 Å². The van der Waals surface area contributed by atoms with Gasteiger partial charge in [0.05, 0.1) is 11.9 Å². The lowest BCUT2D eigenvalue weighted by atomic mass is 10.1. The molecule has 1 unspecified atom stereocenters. The van der Waals surface area contributed by atoms with Gasteiger partial charge in [-0.15, -0.1) is 0 Å². The Hall–Kier alpha value is -3.01. The Balaban J connectivity index is 2.18. The van der Waals surface area contributed by atoms with E-state index in [1.54, 1.807) is 6.92 Å². The number of amides is 2. The Kier molecular flexibility index (Phi) is 9.76. The Morgan fingerprint density at radius 2 is 1.63 bits per heavy atom. The van der Waals surface area contributed by atoms with Crippen LogP contribution in [-0.2, 0) is 26.2 Å². The van der Waals surface area contributed by atoms with E-state index in [-0.39, 0.29) is 49.5 Å².